The SMILES string of the molecule is CCc1ccc([C@H](C)NC(=O)COC(=O)/C=C/c2ccc(C(=O)OC)cc2)cc1. The molecule has 0 aliphatic carbocycles. The highest BCUT2D eigenvalue weighted by molar-refractivity contribution is 5.91. The number of amides is 1. The third kappa shape index (κ3) is 6.92. The third-order valence-corrected chi connectivity index (χ3v) is 4.35. The highest BCUT2D eigenvalue weighted by Crippen LogP contribution is 2.13. The number of ether oxygens (including phenoxy) is 2. The van der Waals surface area contributed by atoms with Crippen LogP contribution in [-0.2, 0) is 25.5 Å². The Morgan fingerprint density at radius 2 is 1.69 bits per heavy atom. The number of methoxy groups -OCH3 is 1. The first-order valence-corrected chi connectivity index (χ1v) is 9.34. The van der Waals surface area contributed by atoms with Gasteiger partial charge in [-0.3, -0.25) is 4.79 Å². The van der Waals surface area contributed by atoms with Crippen LogP contribution >= 0.6 is 0 Å². The summed E-state index contributed by atoms with van der Waals surface area (Å²) < 4.78 is 9.59. The van der Waals surface area contributed by atoms with Crippen molar-refractivity contribution in [1.82, 2.24) is 5.32 Å². The first-order chi connectivity index (χ1) is 13.9. The van der Waals surface area contributed by atoms with Gasteiger partial charge in [0.05, 0.1) is 18.7 Å². The fraction of sp³-hybridized carbons (Fsp3) is 0.261. The summed E-state index contributed by atoms with van der Waals surface area (Å²) >= 11 is 0. The molecular formula is C23H25NO5. The van der Waals surface area contributed by atoms with Crippen LogP contribution in [-0.4, -0.2) is 31.6 Å². The van der Waals surface area contributed by atoms with E-state index in [1.807, 2.05) is 31.2 Å². The maximum Gasteiger partial charge on any atom is 0.337 e. The minimum absolute atomic E-state index is 0.184. The van der Waals surface area contributed by atoms with E-state index in [-0.39, 0.29) is 18.6 Å². The van der Waals surface area contributed by atoms with Crippen LogP contribution in [0.2, 0.25) is 0 Å². The molecule has 0 heterocycles. The largest absolute Gasteiger partial charge is 0.465 e. The lowest BCUT2D eigenvalue weighted by atomic mass is 10.1. The molecule has 1 amide bonds. The van der Waals surface area contributed by atoms with Crippen LogP contribution in [0.1, 0.15) is 46.9 Å². The van der Waals surface area contributed by atoms with Gasteiger partial charge in [-0.15, -0.1) is 0 Å². The molecule has 2 aromatic rings. The number of rotatable bonds is 8. The Morgan fingerprint density at radius 3 is 2.28 bits per heavy atom. The molecule has 1 N–H and O–H groups in total. The Hall–Kier alpha value is -3.41. The Kier molecular flexibility index (Phi) is 8.15. The number of aryl methyl sites for hydroxylation is 1. The molecule has 2 aromatic carbocycles. The predicted molar refractivity (Wildman–Crippen MR) is 110 cm³/mol. The summed E-state index contributed by atoms with van der Waals surface area (Å²) in [5, 5.41) is 2.80. The zero-order valence-electron chi connectivity index (χ0n) is 16.8. The van der Waals surface area contributed by atoms with Crippen LogP contribution in [0.25, 0.3) is 6.08 Å². The summed E-state index contributed by atoms with van der Waals surface area (Å²) in [6.45, 7) is 3.60. The van der Waals surface area contributed by atoms with Crippen molar-refractivity contribution in [2.75, 3.05) is 13.7 Å². The summed E-state index contributed by atoms with van der Waals surface area (Å²) in [5.41, 5.74) is 3.34. The van der Waals surface area contributed by atoms with Crippen molar-refractivity contribution in [2.45, 2.75) is 26.3 Å². The minimum atomic E-state index is -0.628. The molecule has 0 saturated heterocycles. The Labute approximate surface area is 170 Å². The molecule has 0 saturated carbocycles. The zero-order chi connectivity index (χ0) is 21.2. The van der Waals surface area contributed by atoms with E-state index in [2.05, 4.69) is 17.0 Å². The van der Waals surface area contributed by atoms with E-state index >= 15 is 0 Å². The number of hydrogen-bond donors (Lipinski definition) is 1. The van der Waals surface area contributed by atoms with Gasteiger partial charge in [0.1, 0.15) is 0 Å². The Bertz CT molecular complexity index is 869. The number of nitrogens with one attached hydrogen (secondary N) is 1. The maximum absolute atomic E-state index is 12.0. The lowest BCUT2D eigenvalue weighted by Crippen LogP contribution is -2.30. The van der Waals surface area contributed by atoms with E-state index < -0.39 is 11.9 Å². The van der Waals surface area contributed by atoms with Gasteiger partial charge in [0.2, 0.25) is 0 Å². The molecule has 0 fully saturated rings. The summed E-state index contributed by atoms with van der Waals surface area (Å²) in [6.07, 6.45) is 3.73. The van der Waals surface area contributed by atoms with Crippen molar-refractivity contribution in [3.63, 3.8) is 0 Å². The van der Waals surface area contributed by atoms with Crippen LogP contribution in [0.4, 0.5) is 0 Å². The van der Waals surface area contributed by atoms with Crippen LogP contribution in [0, 0.1) is 0 Å². The second-order valence-electron chi connectivity index (χ2n) is 6.44. The quantitative estimate of drug-likeness (QED) is 0.547. The molecule has 0 bridgehead atoms. The molecule has 0 spiro atoms. The lowest BCUT2D eigenvalue weighted by molar-refractivity contribution is -0.144. The van der Waals surface area contributed by atoms with Gasteiger partial charge in [0.25, 0.3) is 5.91 Å². The van der Waals surface area contributed by atoms with Gasteiger partial charge in [-0.1, -0.05) is 43.3 Å². The highest BCUT2D eigenvalue weighted by Gasteiger charge is 2.11. The van der Waals surface area contributed by atoms with Gasteiger partial charge in [-0.2, -0.15) is 0 Å². The third-order valence-electron chi connectivity index (χ3n) is 4.35. The van der Waals surface area contributed by atoms with Crippen LogP contribution in [0.3, 0.4) is 0 Å². The van der Waals surface area contributed by atoms with Gasteiger partial charge in [-0.25, -0.2) is 9.59 Å². The van der Waals surface area contributed by atoms with E-state index in [9.17, 15) is 14.4 Å². The Morgan fingerprint density at radius 1 is 1.03 bits per heavy atom. The predicted octanol–water partition coefficient (Wildman–Crippen LogP) is 3.47. The maximum atomic E-state index is 12.0. The summed E-state index contributed by atoms with van der Waals surface area (Å²) in [5.74, 6) is -1.43. The van der Waals surface area contributed by atoms with E-state index in [1.54, 1.807) is 30.3 Å². The highest BCUT2D eigenvalue weighted by atomic mass is 16.5. The van der Waals surface area contributed by atoms with Gasteiger partial charge in [-0.05, 0) is 48.2 Å². The number of carbonyl (C=O) groups excluding carboxylic acids is 3. The molecule has 0 unspecified atom stereocenters. The monoisotopic (exact) mass is 395 g/mol. The molecule has 2 rings (SSSR count). The smallest absolute Gasteiger partial charge is 0.337 e. The molecule has 29 heavy (non-hydrogen) atoms. The molecule has 152 valence electrons. The number of carbonyl (C=O) groups is 3. The van der Waals surface area contributed by atoms with Crippen LogP contribution in [0.15, 0.2) is 54.6 Å². The van der Waals surface area contributed by atoms with Crippen molar-refractivity contribution in [2.24, 2.45) is 0 Å². The Balaban J connectivity index is 1.79. The number of hydrogen-bond acceptors (Lipinski definition) is 5. The first kappa shape index (κ1) is 21.9. The fourth-order valence-corrected chi connectivity index (χ4v) is 2.61. The van der Waals surface area contributed by atoms with Crippen molar-refractivity contribution in [3.05, 3.63) is 76.9 Å². The van der Waals surface area contributed by atoms with Crippen LogP contribution in [0.5, 0.6) is 0 Å². The summed E-state index contributed by atoms with van der Waals surface area (Å²) in [4.78, 5) is 35.2. The van der Waals surface area contributed by atoms with Gasteiger partial charge < -0.3 is 14.8 Å². The van der Waals surface area contributed by atoms with Gasteiger partial charge in [0, 0.05) is 6.08 Å². The van der Waals surface area contributed by atoms with Gasteiger partial charge in [0.15, 0.2) is 6.61 Å². The first-order valence-electron chi connectivity index (χ1n) is 9.34. The summed E-state index contributed by atoms with van der Waals surface area (Å²) in [6, 6.07) is 14.4. The second-order valence-corrected chi connectivity index (χ2v) is 6.44. The molecular weight excluding hydrogens is 370 g/mol. The standard InChI is InChI=1S/C23H25NO5/c1-4-17-5-10-19(11-6-17)16(2)24-21(25)15-29-22(26)14-9-18-7-12-20(13-8-18)23(27)28-3/h5-14,16H,4,15H2,1-3H3,(H,24,25)/b14-9+/t16-/m0/s1. The van der Waals surface area contributed by atoms with Crippen molar-refractivity contribution in [1.29, 1.82) is 0 Å². The van der Waals surface area contributed by atoms with Gasteiger partial charge >= 0.3 is 11.9 Å². The average Bonchev–Trinajstić information content (AvgIpc) is 2.76. The molecule has 6 nitrogen and oxygen atoms in total. The normalized spacial score (nSPS) is 11.7. The van der Waals surface area contributed by atoms with E-state index in [4.69, 9.17) is 4.74 Å². The number of benzene rings is 2. The summed E-state index contributed by atoms with van der Waals surface area (Å²) in [7, 11) is 1.31. The molecule has 1 atom stereocenters. The second kappa shape index (κ2) is 10.8. The zero-order valence-corrected chi connectivity index (χ0v) is 16.8. The van der Waals surface area contributed by atoms with E-state index in [0.29, 0.717) is 11.1 Å². The molecule has 0 aromatic heterocycles. The fourth-order valence-electron chi connectivity index (χ4n) is 2.61. The van der Waals surface area contributed by atoms with Crippen molar-refractivity contribution in [3.8, 4) is 0 Å². The lowest BCUT2D eigenvalue weighted by Gasteiger charge is -2.14. The minimum Gasteiger partial charge on any atom is -0.465 e. The van der Waals surface area contributed by atoms with E-state index in [0.717, 1.165) is 12.0 Å². The molecule has 0 aliphatic rings. The topological polar surface area (TPSA) is 81.7 Å². The average molecular weight is 395 g/mol. The molecule has 0 aliphatic heterocycles. The molecule has 0 radical (unpaired) electrons. The molecule has 6 heteroatoms. The van der Waals surface area contributed by atoms with Crippen molar-refractivity contribution < 1.29 is 23.9 Å². The van der Waals surface area contributed by atoms with Crippen LogP contribution < -0.4 is 5.32 Å². The van der Waals surface area contributed by atoms with E-state index in [1.165, 1.54) is 18.7 Å². The van der Waals surface area contributed by atoms with Crippen molar-refractivity contribution >= 4 is 23.9 Å². The number of esters is 2.